The molecule has 8 heteroatoms. The molecule has 2 fully saturated rings. The number of hydrogen-bond acceptors (Lipinski definition) is 5. The Hall–Kier alpha value is -1.48. The van der Waals surface area contributed by atoms with E-state index in [-0.39, 0.29) is 24.6 Å². The Balaban J connectivity index is 1.69. The first-order valence-corrected chi connectivity index (χ1v) is 10.9. The maximum Gasteiger partial charge on any atom is 0.249 e. The van der Waals surface area contributed by atoms with Gasteiger partial charge in [-0.2, -0.15) is 4.31 Å². The van der Waals surface area contributed by atoms with Crippen molar-refractivity contribution in [3.63, 3.8) is 0 Å². The van der Waals surface area contributed by atoms with Crippen molar-refractivity contribution in [3.05, 3.63) is 30.3 Å². The highest BCUT2D eigenvalue weighted by Gasteiger charge is 2.36. The summed E-state index contributed by atoms with van der Waals surface area (Å²) in [6.45, 7) is 2.20. The van der Waals surface area contributed by atoms with Crippen LogP contribution in [-0.4, -0.2) is 75.6 Å². The molecule has 2 saturated heterocycles. The number of rotatable bonds is 6. The summed E-state index contributed by atoms with van der Waals surface area (Å²) in [5.41, 5.74) is 0. The van der Waals surface area contributed by atoms with Gasteiger partial charge < -0.3 is 14.4 Å². The first-order chi connectivity index (χ1) is 13.0. The number of carbonyl (C=O) groups is 1. The molecule has 0 spiro atoms. The van der Waals surface area contributed by atoms with E-state index in [1.165, 1.54) is 11.4 Å². The lowest BCUT2D eigenvalue weighted by molar-refractivity contribution is -0.143. The van der Waals surface area contributed by atoms with Gasteiger partial charge in [-0.1, -0.05) is 18.2 Å². The monoisotopic (exact) mass is 396 g/mol. The van der Waals surface area contributed by atoms with E-state index in [0.29, 0.717) is 44.0 Å². The van der Waals surface area contributed by atoms with Crippen molar-refractivity contribution in [1.82, 2.24) is 9.21 Å². The van der Waals surface area contributed by atoms with Crippen LogP contribution in [0.3, 0.4) is 0 Å². The number of sulfonamides is 1. The molecular formula is C19H28N2O5S. The summed E-state index contributed by atoms with van der Waals surface area (Å²) in [7, 11) is -1.96. The SMILES string of the molecule is COCC(=O)N(C1CCOCC1)C1CCN(S(=O)(=O)c2ccccc2)CC1. The van der Waals surface area contributed by atoms with E-state index in [9.17, 15) is 13.2 Å². The highest BCUT2D eigenvalue weighted by molar-refractivity contribution is 7.89. The molecular weight excluding hydrogens is 368 g/mol. The van der Waals surface area contributed by atoms with Gasteiger partial charge in [0.15, 0.2) is 0 Å². The Kier molecular flexibility index (Phi) is 6.86. The number of amides is 1. The molecule has 0 aromatic heterocycles. The third-order valence-corrected chi connectivity index (χ3v) is 7.25. The first-order valence-electron chi connectivity index (χ1n) is 9.47. The zero-order valence-corrected chi connectivity index (χ0v) is 16.6. The largest absolute Gasteiger partial charge is 0.381 e. The fourth-order valence-electron chi connectivity index (χ4n) is 3.97. The summed E-state index contributed by atoms with van der Waals surface area (Å²) in [5.74, 6) is -0.0197. The van der Waals surface area contributed by atoms with Gasteiger partial charge in [-0.05, 0) is 37.8 Å². The predicted octanol–water partition coefficient (Wildman–Crippen LogP) is 1.49. The number of ether oxygens (including phenoxy) is 2. The van der Waals surface area contributed by atoms with E-state index < -0.39 is 10.0 Å². The number of piperidine rings is 1. The Morgan fingerprint density at radius 2 is 1.70 bits per heavy atom. The van der Waals surface area contributed by atoms with Gasteiger partial charge in [0.05, 0.1) is 4.90 Å². The van der Waals surface area contributed by atoms with Gasteiger partial charge in [0.1, 0.15) is 6.61 Å². The van der Waals surface area contributed by atoms with Gasteiger partial charge >= 0.3 is 0 Å². The molecule has 7 nitrogen and oxygen atoms in total. The summed E-state index contributed by atoms with van der Waals surface area (Å²) < 4.78 is 37.7. The minimum atomic E-state index is -3.48. The van der Waals surface area contributed by atoms with Gasteiger partial charge in [0, 0.05) is 45.5 Å². The molecule has 2 aliphatic heterocycles. The van der Waals surface area contributed by atoms with Crippen molar-refractivity contribution < 1.29 is 22.7 Å². The number of hydrogen-bond donors (Lipinski definition) is 0. The van der Waals surface area contributed by atoms with E-state index in [1.807, 2.05) is 4.90 Å². The quantitative estimate of drug-likeness (QED) is 0.728. The van der Waals surface area contributed by atoms with Crippen LogP contribution in [0.2, 0.25) is 0 Å². The van der Waals surface area contributed by atoms with Crippen LogP contribution in [0.5, 0.6) is 0 Å². The lowest BCUT2D eigenvalue weighted by atomic mass is 9.98. The zero-order chi connectivity index (χ0) is 19.3. The predicted molar refractivity (Wildman–Crippen MR) is 101 cm³/mol. The van der Waals surface area contributed by atoms with Crippen molar-refractivity contribution in [2.45, 2.75) is 42.7 Å². The zero-order valence-electron chi connectivity index (χ0n) is 15.7. The third-order valence-electron chi connectivity index (χ3n) is 5.34. The first kappa shape index (κ1) is 20.3. The summed E-state index contributed by atoms with van der Waals surface area (Å²) in [5, 5.41) is 0. The highest BCUT2D eigenvalue weighted by Crippen LogP contribution is 2.27. The topological polar surface area (TPSA) is 76.2 Å². The van der Waals surface area contributed by atoms with Crippen molar-refractivity contribution in [2.24, 2.45) is 0 Å². The lowest BCUT2D eigenvalue weighted by Crippen LogP contribution is -2.54. The molecule has 150 valence electrons. The molecule has 0 radical (unpaired) electrons. The standard InChI is InChI=1S/C19H28N2O5S/c1-25-15-19(22)21(17-9-13-26-14-10-17)16-7-11-20(12-8-16)27(23,24)18-5-3-2-4-6-18/h2-6,16-17H,7-15H2,1H3. The van der Waals surface area contributed by atoms with E-state index in [4.69, 9.17) is 9.47 Å². The van der Waals surface area contributed by atoms with Gasteiger partial charge in [-0.15, -0.1) is 0 Å². The highest BCUT2D eigenvalue weighted by atomic mass is 32.2. The molecule has 2 heterocycles. The van der Waals surface area contributed by atoms with E-state index >= 15 is 0 Å². The molecule has 2 aliphatic rings. The minimum Gasteiger partial charge on any atom is -0.381 e. The average molecular weight is 397 g/mol. The van der Waals surface area contributed by atoms with E-state index in [0.717, 1.165) is 12.8 Å². The second-order valence-electron chi connectivity index (χ2n) is 7.03. The Morgan fingerprint density at radius 1 is 1.11 bits per heavy atom. The summed E-state index contributed by atoms with van der Waals surface area (Å²) >= 11 is 0. The summed E-state index contributed by atoms with van der Waals surface area (Å²) in [4.78, 5) is 14.9. The van der Waals surface area contributed by atoms with Crippen LogP contribution < -0.4 is 0 Å². The summed E-state index contributed by atoms with van der Waals surface area (Å²) in [6, 6.07) is 8.70. The number of benzene rings is 1. The summed E-state index contributed by atoms with van der Waals surface area (Å²) in [6.07, 6.45) is 2.91. The molecule has 0 aliphatic carbocycles. The van der Waals surface area contributed by atoms with Crippen molar-refractivity contribution in [3.8, 4) is 0 Å². The maximum atomic E-state index is 12.8. The van der Waals surface area contributed by atoms with Crippen LogP contribution in [0.4, 0.5) is 0 Å². The van der Waals surface area contributed by atoms with E-state index in [1.54, 1.807) is 30.3 Å². The molecule has 0 N–H and O–H groups in total. The molecule has 1 aromatic carbocycles. The molecule has 3 rings (SSSR count). The fraction of sp³-hybridized carbons (Fsp3) is 0.632. The van der Waals surface area contributed by atoms with Crippen LogP contribution in [0.1, 0.15) is 25.7 Å². The second kappa shape index (κ2) is 9.14. The van der Waals surface area contributed by atoms with Crippen LogP contribution in [0, 0.1) is 0 Å². The fourth-order valence-corrected chi connectivity index (χ4v) is 5.46. The Bertz CT molecular complexity index is 711. The van der Waals surface area contributed by atoms with E-state index in [2.05, 4.69) is 0 Å². The number of carbonyl (C=O) groups excluding carboxylic acids is 1. The smallest absolute Gasteiger partial charge is 0.249 e. The molecule has 1 amide bonds. The second-order valence-corrected chi connectivity index (χ2v) is 8.96. The van der Waals surface area contributed by atoms with Gasteiger partial charge in [0.2, 0.25) is 15.9 Å². The maximum absolute atomic E-state index is 12.8. The number of nitrogens with zero attached hydrogens (tertiary/aromatic N) is 2. The van der Waals surface area contributed by atoms with Crippen molar-refractivity contribution in [2.75, 3.05) is 40.0 Å². The van der Waals surface area contributed by atoms with Gasteiger partial charge in [-0.25, -0.2) is 8.42 Å². The molecule has 0 atom stereocenters. The van der Waals surface area contributed by atoms with Gasteiger partial charge in [-0.3, -0.25) is 4.79 Å². The minimum absolute atomic E-state index is 0.0197. The van der Waals surface area contributed by atoms with Crippen LogP contribution >= 0.6 is 0 Å². The molecule has 27 heavy (non-hydrogen) atoms. The van der Waals surface area contributed by atoms with Crippen molar-refractivity contribution in [1.29, 1.82) is 0 Å². The molecule has 0 unspecified atom stereocenters. The van der Waals surface area contributed by atoms with Crippen molar-refractivity contribution >= 4 is 15.9 Å². The molecule has 0 bridgehead atoms. The Morgan fingerprint density at radius 3 is 2.30 bits per heavy atom. The molecule has 0 saturated carbocycles. The normalized spacial score (nSPS) is 20.5. The number of methoxy groups -OCH3 is 1. The lowest BCUT2D eigenvalue weighted by Gasteiger charge is -2.43. The van der Waals surface area contributed by atoms with Crippen LogP contribution in [0.15, 0.2) is 35.2 Å². The third kappa shape index (κ3) is 4.68. The van der Waals surface area contributed by atoms with Crippen LogP contribution in [0.25, 0.3) is 0 Å². The van der Waals surface area contributed by atoms with Gasteiger partial charge in [0.25, 0.3) is 0 Å². The molecule has 1 aromatic rings. The van der Waals surface area contributed by atoms with Crippen LogP contribution in [-0.2, 0) is 24.3 Å². The average Bonchev–Trinajstić information content (AvgIpc) is 2.70. The Labute approximate surface area is 161 Å².